The summed E-state index contributed by atoms with van der Waals surface area (Å²) in [5.41, 5.74) is 0. The second-order valence-corrected chi connectivity index (χ2v) is 24.9. The molecule has 17 atom stereocenters. The number of allylic oxidation sites excluding steroid dienone is 15. The third-order valence-electron chi connectivity index (χ3n) is 17.1. The topological polar surface area (TPSA) is 307 Å². The summed E-state index contributed by atoms with van der Waals surface area (Å²) in [4.78, 5) is 13.4. The summed E-state index contributed by atoms with van der Waals surface area (Å²) in [6.45, 7) is 1.56. The quantitative estimate of drug-likeness (QED) is 0.0199. The molecule has 0 aromatic rings. The molecule has 0 bridgehead atoms. The van der Waals surface area contributed by atoms with Crippen molar-refractivity contribution in [2.75, 3.05) is 26.4 Å². The smallest absolute Gasteiger partial charge is 0.220 e. The summed E-state index contributed by atoms with van der Waals surface area (Å²) in [7, 11) is 0. The van der Waals surface area contributed by atoms with Crippen molar-refractivity contribution in [3.05, 3.63) is 97.2 Å². The van der Waals surface area contributed by atoms with Gasteiger partial charge in [0.2, 0.25) is 5.91 Å². The van der Waals surface area contributed by atoms with Gasteiger partial charge >= 0.3 is 0 Å². The zero-order valence-corrected chi connectivity index (χ0v) is 56.0. The maximum atomic E-state index is 13.4. The second kappa shape index (κ2) is 53.8. The molecule has 3 aliphatic rings. The lowest BCUT2D eigenvalue weighted by Crippen LogP contribution is -2.66. The minimum Gasteiger partial charge on any atom is -0.394 e. The third-order valence-corrected chi connectivity index (χ3v) is 17.1. The molecule has 3 aliphatic heterocycles. The number of rotatable bonds is 53. The maximum Gasteiger partial charge on any atom is 0.220 e. The van der Waals surface area contributed by atoms with E-state index in [2.05, 4.69) is 104 Å². The predicted molar refractivity (Wildman–Crippen MR) is 360 cm³/mol. The van der Waals surface area contributed by atoms with Gasteiger partial charge in [0.1, 0.15) is 73.2 Å². The Hall–Kier alpha value is -3.29. The van der Waals surface area contributed by atoms with Crippen LogP contribution in [-0.4, -0.2) is 193 Å². The molecule has 0 saturated carbocycles. The number of carbonyl (C=O) groups excluding carboxylic acids is 1. The van der Waals surface area contributed by atoms with Gasteiger partial charge in [-0.1, -0.05) is 227 Å². The molecule has 0 aromatic heterocycles. The Kier molecular flexibility index (Phi) is 48.5. The van der Waals surface area contributed by atoms with Crippen LogP contribution >= 0.6 is 0 Å². The molecule has 92 heavy (non-hydrogen) atoms. The van der Waals surface area contributed by atoms with Gasteiger partial charge in [-0.15, -0.1) is 0 Å². The van der Waals surface area contributed by atoms with Crippen LogP contribution in [0.15, 0.2) is 97.2 Å². The summed E-state index contributed by atoms with van der Waals surface area (Å²) in [6.07, 6.45) is 44.0. The lowest BCUT2D eigenvalue weighted by Gasteiger charge is -2.48. The minimum atomic E-state index is -1.99. The fourth-order valence-corrected chi connectivity index (χ4v) is 11.4. The van der Waals surface area contributed by atoms with E-state index in [9.17, 15) is 61.0 Å². The van der Waals surface area contributed by atoms with Crippen molar-refractivity contribution in [1.29, 1.82) is 0 Å². The summed E-state index contributed by atoms with van der Waals surface area (Å²) < 4.78 is 34.3. The first-order chi connectivity index (χ1) is 44.8. The van der Waals surface area contributed by atoms with E-state index in [1.54, 1.807) is 6.08 Å². The fraction of sp³-hybridized carbons (Fsp3) is 0.767. The van der Waals surface area contributed by atoms with Crippen molar-refractivity contribution in [3.8, 4) is 0 Å². The predicted octanol–water partition coefficient (Wildman–Crippen LogP) is 9.66. The molecule has 0 spiro atoms. The molecule has 0 radical (unpaired) electrons. The zero-order valence-electron chi connectivity index (χ0n) is 56.0. The molecular weight excluding hydrogens is 1180 g/mol. The molecule has 0 aliphatic carbocycles. The average Bonchev–Trinajstić information content (AvgIpc) is 0.855. The van der Waals surface area contributed by atoms with E-state index in [-0.39, 0.29) is 12.3 Å². The van der Waals surface area contributed by atoms with Crippen molar-refractivity contribution in [2.24, 2.45) is 0 Å². The van der Waals surface area contributed by atoms with Gasteiger partial charge in [0.25, 0.3) is 0 Å². The Morgan fingerprint density at radius 3 is 1.22 bits per heavy atom. The Morgan fingerprint density at radius 1 is 0.402 bits per heavy atom. The molecule has 3 saturated heterocycles. The van der Waals surface area contributed by atoms with Crippen LogP contribution in [0.25, 0.3) is 0 Å². The summed E-state index contributed by atoms with van der Waals surface area (Å²) >= 11 is 0. The number of nitrogens with one attached hydrogen (secondary N) is 1. The van der Waals surface area contributed by atoms with Gasteiger partial charge in [-0.3, -0.25) is 4.79 Å². The van der Waals surface area contributed by atoms with Crippen molar-refractivity contribution in [1.82, 2.24) is 5.32 Å². The maximum absolute atomic E-state index is 13.4. The minimum absolute atomic E-state index is 0.187. The van der Waals surface area contributed by atoms with Crippen molar-refractivity contribution < 1.29 is 89.4 Å². The van der Waals surface area contributed by atoms with E-state index in [1.807, 2.05) is 6.08 Å². The standard InChI is InChI=1S/C73H125NO18/c1-3-5-7-9-11-13-15-17-19-21-23-24-25-26-27-28-29-30-31-33-34-36-38-40-42-44-46-48-50-57(78)56(74-61(79)51-49-47-45-43-41-39-37-35-32-22-20-18-16-14-12-10-8-6-4-2)55-87-71-67(85)64(82)69(59(53-76)89-71)92-73-68(86)65(83)70(60(54-77)90-73)91-72-66(84)63(81)62(80)58(52-75)88-72/h6,8,12,14,18,20,32-35,39-42,48,50,56-60,62-73,75-78,80-86H,3-5,7,9-11,13,15-17,19,21-31,36-38,43-47,49,51-55H2,1-2H3,(H,74,79)/b8-6-,14-12-,20-18-,34-33+,35-32-,41-39-,42-40+,50-48+. The van der Waals surface area contributed by atoms with Crippen molar-refractivity contribution in [2.45, 2.75) is 330 Å². The van der Waals surface area contributed by atoms with Crippen LogP contribution in [0, 0.1) is 0 Å². The molecule has 0 aromatic carbocycles. The molecule has 3 fully saturated rings. The number of hydrogen-bond acceptors (Lipinski definition) is 18. The van der Waals surface area contributed by atoms with Gasteiger partial charge in [0.15, 0.2) is 18.9 Å². The highest BCUT2D eigenvalue weighted by Gasteiger charge is 2.53. The number of hydrogen-bond donors (Lipinski definition) is 12. The summed E-state index contributed by atoms with van der Waals surface area (Å²) in [6, 6.07) is -1.02. The largest absolute Gasteiger partial charge is 0.394 e. The molecular formula is C73H125NO18. The first kappa shape index (κ1) is 82.9. The van der Waals surface area contributed by atoms with Gasteiger partial charge in [0.05, 0.1) is 38.6 Å². The highest BCUT2D eigenvalue weighted by molar-refractivity contribution is 5.76. The van der Waals surface area contributed by atoms with Crippen LogP contribution in [0.1, 0.15) is 226 Å². The second-order valence-electron chi connectivity index (χ2n) is 24.9. The molecule has 1 amide bonds. The highest BCUT2D eigenvalue weighted by atomic mass is 16.8. The number of amides is 1. The van der Waals surface area contributed by atoms with Crippen LogP contribution in [-0.2, 0) is 33.2 Å². The lowest BCUT2D eigenvalue weighted by molar-refractivity contribution is -0.379. The fourth-order valence-electron chi connectivity index (χ4n) is 11.4. The van der Waals surface area contributed by atoms with E-state index < -0.39 is 131 Å². The average molecular weight is 1300 g/mol. The lowest BCUT2D eigenvalue weighted by atomic mass is 9.96. The normalized spacial score (nSPS) is 28.3. The van der Waals surface area contributed by atoms with E-state index in [0.717, 1.165) is 77.0 Å². The van der Waals surface area contributed by atoms with Crippen LogP contribution in [0.5, 0.6) is 0 Å². The molecule has 19 nitrogen and oxygen atoms in total. The molecule has 3 rings (SSSR count). The van der Waals surface area contributed by atoms with E-state index >= 15 is 0 Å². The number of aliphatic hydroxyl groups excluding tert-OH is 11. The van der Waals surface area contributed by atoms with Gasteiger partial charge in [0, 0.05) is 6.42 Å². The van der Waals surface area contributed by atoms with Crippen LogP contribution in [0.2, 0.25) is 0 Å². The Labute approximate surface area is 552 Å². The highest BCUT2D eigenvalue weighted by Crippen LogP contribution is 2.33. The molecule has 12 N–H and O–H groups in total. The third kappa shape index (κ3) is 35.1. The van der Waals surface area contributed by atoms with Crippen LogP contribution < -0.4 is 5.32 Å². The monoisotopic (exact) mass is 1300 g/mol. The van der Waals surface area contributed by atoms with Gasteiger partial charge < -0.3 is 89.9 Å². The zero-order chi connectivity index (χ0) is 66.8. The van der Waals surface area contributed by atoms with Crippen LogP contribution in [0.3, 0.4) is 0 Å². The first-order valence-corrected chi connectivity index (χ1v) is 35.5. The van der Waals surface area contributed by atoms with Gasteiger partial charge in [-0.2, -0.15) is 0 Å². The van der Waals surface area contributed by atoms with E-state index in [4.69, 9.17) is 28.4 Å². The Bertz CT molecular complexity index is 2040. The summed E-state index contributed by atoms with van der Waals surface area (Å²) in [5, 5.41) is 120. The van der Waals surface area contributed by atoms with Crippen molar-refractivity contribution in [3.63, 3.8) is 0 Å². The SMILES string of the molecule is CC/C=C\C/C=C\C/C=C\C/C=C\C/C=C\CCCCCC(=O)NC(COC1OC(CO)C(OC2OC(CO)C(OC3OC(CO)C(O)C(O)C3O)C(O)C2O)C(O)C1O)C(O)/C=C/CC/C=C/CC/C=C/CCCCCCCCCCCCCCCCCCCC. The number of carbonyl (C=O) groups is 1. The Balaban J connectivity index is 1.46. The first-order valence-electron chi connectivity index (χ1n) is 35.5. The van der Waals surface area contributed by atoms with Gasteiger partial charge in [-0.05, 0) is 89.9 Å². The van der Waals surface area contributed by atoms with E-state index in [0.29, 0.717) is 12.8 Å². The Morgan fingerprint density at radius 2 is 0.761 bits per heavy atom. The van der Waals surface area contributed by atoms with Gasteiger partial charge in [-0.25, -0.2) is 0 Å². The number of aliphatic hydroxyl groups is 11. The summed E-state index contributed by atoms with van der Waals surface area (Å²) in [5.74, 6) is -0.324. The number of unbranched alkanes of at least 4 members (excludes halogenated alkanes) is 23. The molecule has 19 heteroatoms. The van der Waals surface area contributed by atoms with E-state index in [1.165, 1.54) is 116 Å². The molecule has 3 heterocycles. The number of ether oxygens (including phenoxy) is 6. The molecule has 17 unspecified atom stereocenters. The molecule has 530 valence electrons. The van der Waals surface area contributed by atoms with Crippen molar-refractivity contribution >= 4 is 5.91 Å². The van der Waals surface area contributed by atoms with Crippen LogP contribution in [0.4, 0.5) is 0 Å².